The first-order chi connectivity index (χ1) is 22.8. The van der Waals surface area contributed by atoms with Crippen LogP contribution >= 0.6 is 11.6 Å². The Hall–Kier alpha value is -5.14. The molecular formula is C39H33ClN2O5. The number of aromatic nitrogens is 2. The number of benzene rings is 4. The Morgan fingerprint density at radius 1 is 0.851 bits per heavy atom. The lowest BCUT2D eigenvalue weighted by atomic mass is 9.81. The van der Waals surface area contributed by atoms with Gasteiger partial charge in [0.25, 0.3) is 0 Å². The maximum atomic E-state index is 12.2. The predicted octanol–water partition coefficient (Wildman–Crippen LogP) is 9.68. The van der Waals surface area contributed by atoms with Crippen LogP contribution in [-0.2, 0) is 11.3 Å². The van der Waals surface area contributed by atoms with Crippen molar-refractivity contribution in [2.24, 2.45) is 0 Å². The van der Waals surface area contributed by atoms with Crippen LogP contribution in [0.5, 0.6) is 5.75 Å². The number of halogens is 1. The van der Waals surface area contributed by atoms with Crippen LogP contribution in [0.2, 0.25) is 5.02 Å². The fourth-order valence-corrected chi connectivity index (χ4v) is 7.22. The van der Waals surface area contributed by atoms with E-state index in [1.54, 1.807) is 23.8 Å². The van der Waals surface area contributed by atoms with Crippen LogP contribution in [0.25, 0.3) is 55.4 Å². The monoisotopic (exact) mass is 644 g/mol. The zero-order valence-electron chi connectivity index (χ0n) is 25.9. The molecule has 0 spiro atoms. The summed E-state index contributed by atoms with van der Waals surface area (Å²) in [5.74, 6) is -1.05. The summed E-state index contributed by atoms with van der Waals surface area (Å²) in [6.07, 6.45) is 5.41. The molecule has 4 aromatic carbocycles. The Kier molecular flexibility index (Phi) is 8.16. The number of pyridine rings is 1. The van der Waals surface area contributed by atoms with E-state index in [2.05, 4.69) is 6.07 Å². The number of hydrogen-bond acceptors (Lipinski definition) is 4. The maximum absolute atomic E-state index is 12.2. The van der Waals surface area contributed by atoms with Gasteiger partial charge in [-0.1, -0.05) is 67.3 Å². The van der Waals surface area contributed by atoms with Crippen molar-refractivity contribution in [1.82, 2.24) is 9.55 Å². The van der Waals surface area contributed by atoms with E-state index in [4.69, 9.17) is 21.3 Å². The first-order valence-electron chi connectivity index (χ1n) is 15.8. The van der Waals surface area contributed by atoms with E-state index in [9.17, 15) is 19.8 Å². The van der Waals surface area contributed by atoms with Crippen LogP contribution in [0.4, 0.5) is 0 Å². The number of ether oxygens (including phenoxy) is 1. The number of nitrogens with zero attached hydrogens (tertiary/aromatic N) is 2. The molecule has 0 radical (unpaired) electrons. The molecule has 0 atom stereocenters. The number of rotatable bonds is 8. The van der Waals surface area contributed by atoms with Gasteiger partial charge < -0.3 is 19.5 Å². The average molecular weight is 645 g/mol. The number of carbonyl (C=O) groups is 2. The lowest BCUT2D eigenvalue weighted by molar-refractivity contribution is -0.137. The normalized spacial score (nSPS) is 13.7. The van der Waals surface area contributed by atoms with Crippen LogP contribution in [0.1, 0.15) is 53.9 Å². The minimum atomic E-state index is -1.04. The van der Waals surface area contributed by atoms with Crippen molar-refractivity contribution in [1.29, 1.82) is 0 Å². The van der Waals surface area contributed by atoms with Crippen molar-refractivity contribution in [2.45, 2.75) is 44.6 Å². The first kappa shape index (κ1) is 30.5. The largest absolute Gasteiger partial charge is 0.497 e. The molecule has 2 heterocycles. The molecule has 236 valence electrons. The number of aromatic carboxylic acids is 1. The number of fused-ring (bicyclic) bond motifs is 2. The highest BCUT2D eigenvalue weighted by atomic mass is 35.5. The van der Waals surface area contributed by atoms with Gasteiger partial charge in [0, 0.05) is 21.4 Å². The van der Waals surface area contributed by atoms with E-state index in [-0.39, 0.29) is 18.0 Å². The summed E-state index contributed by atoms with van der Waals surface area (Å²) in [6, 6.07) is 28.8. The first-order valence-corrected chi connectivity index (χ1v) is 16.2. The molecule has 0 bridgehead atoms. The van der Waals surface area contributed by atoms with Gasteiger partial charge in [-0.25, -0.2) is 9.78 Å². The molecule has 1 fully saturated rings. The molecule has 47 heavy (non-hydrogen) atoms. The summed E-state index contributed by atoms with van der Waals surface area (Å²) in [7, 11) is 1.64. The van der Waals surface area contributed by atoms with E-state index in [1.807, 2.05) is 72.8 Å². The van der Waals surface area contributed by atoms with Gasteiger partial charge in [0.15, 0.2) is 0 Å². The van der Waals surface area contributed by atoms with Crippen molar-refractivity contribution in [3.63, 3.8) is 0 Å². The van der Waals surface area contributed by atoms with Gasteiger partial charge in [-0.2, -0.15) is 0 Å². The molecule has 0 aliphatic heterocycles. The van der Waals surface area contributed by atoms with Crippen molar-refractivity contribution < 1.29 is 24.5 Å². The van der Waals surface area contributed by atoms with E-state index >= 15 is 0 Å². The number of carboxylic acid groups (broad SMARTS) is 2. The van der Waals surface area contributed by atoms with Crippen LogP contribution < -0.4 is 4.74 Å². The summed E-state index contributed by atoms with van der Waals surface area (Å²) in [5, 5.41) is 22.3. The molecular weight excluding hydrogens is 612 g/mol. The number of carboxylic acids is 2. The van der Waals surface area contributed by atoms with Gasteiger partial charge >= 0.3 is 11.9 Å². The molecule has 0 amide bonds. The zero-order valence-corrected chi connectivity index (χ0v) is 26.6. The SMILES string of the molecule is COc1ccc(-c2ccc(Cl)cc2)c(-c2ccc3cc(-c4c(C5CCCCC5)c5ccc(C(=O)O)cc5n4CC(=O)O)ccc3n2)c1. The molecule has 2 aromatic heterocycles. The van der Waals surface area contributed by atoms with Gasteiger partial charge in [0.2, 0.25) is 0 Å². The molecule has 6 aromatic rings. The number of hydrogen-bond donors (Lipinski definition) is 2. The molecule has 1 aliphatic carbocycles. The lowest BCUT2D eigenvalue weighted by Gasteiger charge is -2.23. The minimum Gasteiger partial charge on any atom is -0.497 e. The topological polar surface area (TPSA) is 102 Å². The second-order valence-electron chi connectivity index (χ2n) is 12.1. The van der Waals surface area contributed by atoms with E-state index in [1.165, 1.54) is 6.42 Å². The Morgan fingerprint density at radius 2 is 1.62 bits per heavy atom. The number of methoxy groups -OCH3 is 1. The molecule has 0 saturated heterocycles. The smallest absolute Gasteiger partial charge is 0.335 e. The average Bonchev–Trinajstić information content (AvgIpc) is 3.40. The summed E-state index contributed by atoms with van der Waals surface area (Å²) >= 11 is 6.17. The summed E-state index contributed by atoms with van der Waals surface area (Å²) in [4.78, 5) is 29.2. The van der Waals surface area contributed by atoms with Crippen LogP contribution in [-0.4, -0.2) is 38.8 Å². The molecule has 7 nitrogen and oxygen atoms in total. The quantitative estimate of drug-likeness (QED) is 0.171. The summed E-state index contributed by atoms with van der Waals surface area (Å²) in [6.45, 7) is -0.278. The molecule has 8 heteroatoms. The van der Waals surface area contributed by atoms with Crippen LogP contribution in [0, 0.1) is 0 Å². The van der Waals surface area contributed by atoms with Gasteiger partial charge in [0.1, 0.15) is 12.3 Å². The highest BCUT2D eigenvalue weighted by molar-refractivity contribution is 6.30. The Labute approximate surface area is 277 Å². The standard InChI is InChI=1S/C39H33ClN2O5/c1-47-29-14-16-30(23-7-12-28(40)13-8-23)32(21-29)34-18-10-25-19-26(11-17-33(25)41-34)38-37(24-5-3-2-4-6-24)31-15-9-27(39(45)46)20-35(31)42(38)22-36(43)44/h7-21,24H,2-6,22H2,1H3,(H,43,44)(H,45,46). The Balaban J connectivity index is 1.39. The highest BCUT2D eigenvalue weighted by Gasteiger charge is 2.28. The fourth-order valence-electron chi connectivity index (χ4n) is 7.09. The van der Waals surface area contributed by atoms with Crippen molar-refractivity contribution in [3.05, 3.63) is 107 Å². The van der Waals surface area contributed by atoms with Crippen molar-refractivity contribution >= 4 is 45.3 Å². The zero-order chi connectivity index (χ0) is 32.7. The molecule has 7 rings (SSSR count). The molecule has 0 unspecified atom stereocenters. The van der Waals surface area contributed by atoms with E-state index in [0.29, 0.717) is 10.5 Å². The maximum Gasteiger partial charge on any atom is 0.335 e. The number of aliphatic carboxylic acids is 1. The van der Waals surface area contributed by atoms with Gasteiger partial charge in [0.05, 0.1) is 35.1 Å². The van der Waals surface area contributed by atoms with Crippen molar-refractivity contribution in [3.8, 4) is 39.4 Å². The molecule has 2 N–H and O–H groups in total. The van der Waals surface area contributed by atoms with Crippen molar-refractivity contribution in [2.75, 3.05) is 7.11 Å². The van der Waals surface area contributed by atoms with E-state index in [0.717, 1.165) is 86.9 Å². The predicted molar refractivity (Wildman–Crippen MR) is 186 cm³/mol. The van der Waals surface area contributed by atoms with Gasteiger partial charge in [-0.05, 0) is 95.6 Å². The fraction of sp³-hybridized carbons (Fsp3) is 0.205. The third-order valence-corrected chi connectivity index (χ3v) is 9.53. The van der Waals surface area contributed by atoms with Gasteiger partial charge in [-0.15, -0.1) is 0 Å². The van der Waals surface area contributed by atoms with Crippen LogP contribution in [0.15, 0.2) is 91.0 Å². The lowest BCUT2D eigenvalue weighted by Crippen LogP contribution is -2.12. The second kappa shape index (κ2) is 12.6. The van der Waals surface area contributed by atoms with Gasteiger partial charge in [-0.3, -0.25) is 4.79 Å². The minimum absolute atomic E-state index is 0.133. The second-order valence-corrected chi connectivity index (χ2v) is 12.6. The Morgan fingerprint density at radius 3 is 2.34 bits per heavy atom. The third kappa shape index (κ3) is 5.83. The molecule has 1 aliphatic rings. The summed E-state index contributed by atoms with van der Waals surface area (Å²) in [5.41, 5.74) is 8.10. The van der Waals surface area contributed by atoms with Crippen LogP contribution in [0.3, 0.4) is 0 Å². The third-order valence-electron chi connectivity index (χ3n) is 9.28. The molecule has 1 saturated carbocycles. The summed E-state index contributed by atoms with van der Waals surface area (Å²) < 4.78 is 7.34. The highest BCUT2D eigenvalue weighted by Crippen LogP contribution is 2.45. The Bertz CT molecular complexity index is 2160. The van der Waals surface area contributed by atoms with E-state index < -0.39 is 11.9 Å².